The van der Waals surface area contributed by atoms with E-state index >= 15 is 0 Å². The van der Waals surface area contributed by atoms with Gasteiger partial charge in [0, 0.05) is 214 Å². The van der Waals surface area contributed by atoms with Crippen LogP contribution < -0.4 is 43.4 Å². The van der Waals surface area contributed by atoms with Gasteiger partial charge >= 0.3 is 0 Å². The minimum atomic E-state index is -0.624. The zero-order valence-corrected chi connectivity index (χ0v) is 68.2. The lowest BCUT2D eigenvalue weighted by Gasteiger charge is -2.16. The van der Waals surface area contributed by atoms with Crippen molar-refractivity contribution in [3.63, 3.8) is 0 Å². The fourth-order valence-electron chi connectivity index (χ4n) is 14.2. The molecule has 1 atom stereocenters. The van der Waals surface area contributed by atoms with Crippen LogP contribution in [0.4, 0.5) is 46.0 Å². The number of imidazole rings is 8. The minimum Gasteiger partial charge on any atom is -0.364 e. The lowest BCUT2D eigenvalue weighted by atomic mass is 10.1. The zero-order chi connectivity index (χ0) is 84.7. The Morgan fingerprint density at radius 3 is 1.12 bits per heavy atom. The first kappa shape index (κ1) is 78.5. The molecule has 0 radical (unpaired) electrons. The lowest BCUT2D eigenvalue weighted by Crippen LogP contribution is -2.20. The first-order valence-corrected chi connectivity index (χ1v) is 39.6. The van der Waals surface area contributed by atoms with Crippen LogP contribution in [0.15, 0.2) is 277 Å². The molecule has 1 aliphatic rings. The van der Waals surface area contributed by atoms with Gasteiger partial charge in [-0.05, 0) is 136 Å². The monoisotopic (exact) mass is 1650 g/mol. The summed E-state index contributed by atoms with van der Waals surface area (Å²) in [6.45, 7) is 4.41. The van der Waals surface area contributed by atoms with Gasteiger partial charge in [0.05, 0.1) is 115 Å². The smallest absolute Gasteiger partial charge is 0.268 e. The molecule has 4 aromatic carbocycles. The number of nitrogens with zero attached hydrogens (tertiary/aromatic N) is 28. The van der Waals surface area contributed by atoms with E-state index in [2.05, 4.69) is 120 Å². The average Bonchev–Trinajstić information content (AvgIpc) is 1.64. The highest BCUT2D eigenvalue weighted by molar-refractivity contribution is 5.92. The number of fused-ring (bicyclic) bond motifs is 4. The van der Waals surface area contributed by atoms with Crippen LogP contribution in [0.5, 0.6) is 0 Å². The summed E-state index contributed by atoms with van der Waals surface area (Å²) in [5.74, 6) is 1.91. The number of hydrogen-bond acceptors (Lipinski definition) is 24. The number of carbonyl (C=O) groups excluding carboxylic acids is 1. The molecule has 124 heavy (non-hydrogen) atoms. The Kier molecular flexibility index (Phi) is 22.0. The molecule has 16 aromatic heterocycles. The molecule has 21 rings (SSSR count). The fourth-order valence-corrected chi connectivity index (χ4v) is 14.2. The van der Waals surface area contributed by atoms with Gasteiger partial charge in [-0.3, -0.25) is 41.1 Å². The normalized spacial score (nSPS) is 12.2. The van der Waals surface area contributed by atoms with Crippen LogP contribution in [0.2, 0.25) is 0 Å². The summed E-state index contributed by atoms with van der Waals surface area (Å²) in [4.78, 5) is 65.7. The largest absolute Gasteiger partial charge is 0.364 e. The van der Waals surface area contributed by atoms with E-state index in [-0.39, 0.29) is 11.7 Å². The van der Waals surface area contributed by atoms with Crippen molar-refractivity contribution < 1.29 is 4.79 Å². The van der Waals surface area contributed by atoms with Crippen LogP contribution in [-0.4, -0.2) is 167 Å². The van der Waals surface area contributed by atoms with Crippen molar-refractivity contribution in [3.8, 4) is 67.8 Å². The van der Waals surface area contributed by atoms with Crippen molar-refractivity contribution in [1.82, 2.24) is 145 Å². The maximum atomic E-state index is 11.9. The molecular weight excluding hydrogens is 1570 g/mol. The molecule has 37 nitrogen and oxygen atoms in total. The van der Waals surface area contributed by atoms with E-state index in [0.29, 0.717) is 36.1 Å². The summed E-state index contributed by atoms with van der Waals surface area (Å²) in [5, 5.41) is 37.3. The maximum absolute atomic E-state index is 11.9. The van der Waals surface area contributed by atoms with Gasteiger partial charge in [-0.1, -0.05) is 6.08 Å². The highest BCUT2D eigenvalue weighted by atomic mass is 16.1. The molecule has 618 valence electrons. The summed E-state index contributed by atoms with van der Waals surface area (Å²) < 4.78 is 22.8. The number of anilines is 8. The molecule has 1 amide bonds. The van der Waals surface area contributed by atoms with Crippen molar-refractivity contribution in [2.75, 3.05) is 47.9 Å². The standard InChI is InChI=1S/C24H23N9.C22H23N9.C21H21N9.C20H17N9O/c1-31-14-18(12-28-31)22-13-27-24-23(30-21(15-33(22)24)17-6-8-25-9-7-17)29-19-2-4-20(5-3-19)32-11-10-26-16-32;1-15(23-2)19-13-31-20(16-10-26-29(3)12-16)11-25-22(31)21(28-19)27-17-4-6-18(7-5-17)30-9-8-24-14-30;1-28-12-15(10-25-28)19-11-24-21-20(27-17(6-7-22)13-30(19)21)26-16-2-4-18(5-3-16)29-9-8-23-14-29;1-27-10-13(8-24-27)17-9-23-20-19(26-16(18(21)30)11-29(17)20)25-14-2-4-15(5-3-14)28-7-6-22-12-28/h2-6,10-16,25H,7-9H2,1H3,(H,29,30);4-15,23H,1-3H3,(H,27,28);2-5,8-14H,6-7,22H2,1H3,(H,26,27);2-12H,1H3,(H2,21,30)(H,25,26). The van der Waals surface area contributed by atoms with Crippen LogP contribution >= 0.6 is 0 Å². The van der Waals surface area contributed by atoms with Gasteiger partial charge in [-0.25, -0.2) is 59.8 Å². The molecule has 0 bridgehead atoms. The van der Waals surface area contributed by atoms with E-state index in [1.54, 1.807) is 91.8 Å². The average molecular weight is 1650 g/mol. The van der Waals surface area contributed by atoms with Crippen LogP contribution in [-0.2, 0) is 34.6 Å². The van der Waals surface area contributed by atoms with Gasteiger partial charge < -0.3 is 61.6 Å². The van der Waals surface area contributed by atoms with Crippen LogP contribution in [0.1, 0.15) is 47.0 Å². The van der Waals surface area contributed by atoms with Crippen LogP contribution in [0, 0.1) is 0 Å². The Hall–Kier alpha value is -16.7. The Labute approximate surface area is 707 Å². The predicted molar refractivity (Wildman–Crippen MR) is 472 cm³/mol. The third-order valence-electron chi connectivity index (χ3n) is 20.7. The summed E-state index contributed by atoms with van der Waals surface area (Å²) in [6, 6.07) is 32.2. The van der Waals surface area contributed by atoms with Crippen molar-refractivity contribution in [1.29, 1.82) is 0 Å². The molecule has 0 saturated heterocycles. The van der Waals surface area contributed by atoms with Crippen molar-refractivity contribution >= 4 is 80.1 Å². The van der Waals surface area contributed by atoms with E-state index in [0.717, 1.165) is 150 Å². The lowest BCUT2D eigenvalue weighted by molar-refractivity contribution is 0.0995. The molecule has 20 aromatic rings. The number of carbonyl (C=O) groups is 1. The number of aromatic nitrogens is 28. The Morgan fingerprint density at radius 2 is 0.790 bits per heavy atom. The van der Waals surface area contributed by atoms with Gasteiger partial charge in [0.1, 0.15) is 5.69 Å². The van der Waals surface area contributed by atoms with Crippen molar-refractivity contribution in [3.05, 3.63) is 300 Å². The number of benzene rings is 4. The Bertz CT molecular complexity index is 7080. The van der Waals surface area contributed by atoms with Crippen molar-refractivity contribution in [2.45, 2.75) is 25.8 Å². The summed E-state index contributed by atoms with van der Waals surface area (Å²) >= 11 is 0. The topological polar surface area (TPSA) is 405 Å². The van der Waals surface area contributed by atoms with Gasteiger partial charge in [-0.15, -0.1) is 0 Å². The maximum Gasteiger partial charge on any atom is 0.268 e. The van der Waals surface area contributed by atoms with Gasteiger partial charge in [0.15, 0.2) is 45.9 Å². The van der Waals surface area contributed by atoms with E-state index in [1.807, 2.05) is 254 Å². The molecule has 0 spiro atoms. The second kappa shape index (κ2) is 34.7. The fraction of sp³-hybridized carbons (Fsp3) is 0.138. The molecular formula is C87H84N36O. The second-order valence-corrected chi connectivity index (χ2v) is 29.2. The van der Waals surface area contributed by atoms with E-state index in [1.165, 1.54) is 5.57 Å². The Morgan fingerprint density at radius 1 is 0.435 bits per heavy atom. The van der Waals surface area contributed by atoms with Crippen LogP contribution in [0.25, 0.3) is 95.9 Å². The molecule has 10 N–H and O–H groups in total. The van der Waals surface area contributed by atoms with Gasteiger partial charge in [0.25, 0.3) is 5.91 Å². The summed E-state index contributed by atoms with van der Waals surface area (Å²) in [7, 11) is 9.48. The third kappa shape index (κ3) is 16.9. The number of nitrogens with two attached hydrogens (primary N) is 2. The van der Waals surface area contributed by atoms with Gasteiger partial charge in [0.2, 0.25) is 0 Å². The molecule has 0 saturated carbocycles. The summed E-state index contributed by atoms with van der Waals surface area (Å²) in [5.41, 5.74) is 33.5. The van der Waals surface area contributed by atoms with Crippen LogP contribution in [0.3, 0.4) is 0 Å². The molecule has 1 unspecified atom stereocenters. The zero-order valence-electron chi connectivity index (χ0n) is 68.2. The number of hydrogen-bond donors (Lipinski definition) is 8. The summed E-state index contributed by atoms with van der Waals surface area (Å²) in [6.07, 6.45) is 55.6. The number of nitrogens with one attached hydrogen (secondary N) is 6. The van der Waals surface area contributed by atoms with E-state index < -0.39 is 5.91 Å². The molecule has 37 heteroatoms. The number of amides is 1. The van der Waals surface area contributed by atoms with E-state index in [9.17, 15) is 4.79 Å². The number of primary amides is 1. The second-order valence-electron chi connectivity index (χ2n) is 29.2. The minimum absolute atomic E-state index is 0.0812. The number of rotatable bonds is 22. The molecule has 1 aliphatic heterocycles. The SMILES string of the molecule is CNC(C)c1cn2c(-c3cnn(C)c3)cnc2c(Nc2ccc(-n3ccnc3)cc2)n1.Cn1cc(-c2cnc3c(Nc4ccc(-n5ccnc5)cc4)nc(C(N)=O)cn23)cn1.Cn1cc(-c2cnc3c(Nc4ccc(-n5ccnc5)cc4)nc(C4=CCNCC4)cn23)cn1.Cn1cc(-c2cnc3c(Nc4ccc(-n5ccnc5)cc4)nc(CCN)cn23)cn1. The first-order valence-electron chi connectivity index (χ1n) is 39.6. The molecule has 0 aliphatic carbocycles. The third-order valence-corrected chi connectivity index (χ3v) is 20.7. The predicted octanol–water partition coefficient (Wildman–Crippen LogP) is 11.5. The highest BCUT2D eigenvalue weighted by Gasteiger charge is 2.23. The highest BCUT2D eigenvalue weighted by Crippen LogP contribution is 2.34. The Balaban J connectivity index is 0.000000113. The number of aryl methyl sites for hydroxylation is 4. The molecule has 17 heterocycles. The van der Waals surface area contributed by atoms with E-state index in [4.69, 9.17) is 31.4 Å². The first-order chi connectivity index (χ1) is 60.6. The molecule has 0 fully saturated rings. The van der Waals surface area contributed by atoms with Crippen molar-refractivity contribution in [2.24, 2.45) is 39.7 Å². The van der Waals surface area contributed by atoms with Gasteiger partial charge in [-0.2, -0.15) is 20.4 Å². The quantitative estimate of drug-likeness (QED) is 0.0312.